The van der Waals surface area contributed by atoms with Gasteiger partial charge in [-0.25, -0.2) is 4.98 Å². The van der Waals surface area contributed by atoms with Crippen LogP contribution in [0.15, 0.2) is 47.8 Å². The maximum absolute atomic E-state index is 5.26. The van der Waals surface area contributed by atoms with Gasteiger partial charge in [-0.15, -0.1) is 11.3 Å². The second kappa shape index (κ2) is 6.84. The van der Waals surface area contributed by atoms with Crippen molar-refractivity contribution in [3.05, 3.63) is 64.0 Å². The van der Waals surface area contributed by atoms with Gasteiger partial charge in [0.1, 0.15) is 11.5 Å². The Morgan fingerprint density at radius 3 is 2.30 bits per heavy atom. The molecule has 23 heavy (non-hydrogen) atoms. The number of benzene rings is 2. The summed E-state index contributed by atoms with van der Waals surface area (Å²) in [6, 6.07) is 14.2. The molecule has 1 aromatic heterocycles. The van der Waals surface area contributed by atoms with Crippen LogP contribution in [0.3, 0.4) is 0 Å². The molecule has 0 aliphatic heterocycles. The summed E-state index contributed by atoms with van der Waals surface area (Å²) in [5.74, 6) is 1.75. The van der Waals surface area contributed by atoms with Crippen LogP contribution >= 0.6 is 11.3 Å². The smallest absolute Gasteiger partial charge is 0.119 e. The Bertz CT molecular complexity index is 793. The van der Waals surface area contributed by atoms with Crippen LogP contribution in [0.25, 0.3) is 11.3 Å². The van der Waals surface area contributed by atoms with E-state index in [-0.39, 0.29) is 0 Å². The maximum atomic E-state index is 5.26. The van der Waals surface area contributed by atoms with Gasteiger partial charge in [0.25, 0.3) is 0 Å². The van der Waals surface area contributed by atoms with E-state index >= 15 is 0 Å². The molecule has 0 N–H and O–H groups in total. The SMILES string of the molecule is COc1ccc(Cc2nc(-c3ccc(OC)cc3C)cs2)cc1. The van der Waals surface area contributed by atoms with Crippen molar-refractivity contribution in [3.8, 4) is 22.8 Å². The van der Waals surface area contributed by atoms with Crippen molar-refractivity contribution in [2.45, 2.75) is 13.3 Å². The summed E-state index contributed by atoms with van der Waals surface area (Å²) in [4.78, 5) is 4.78. The molecular weight excluding hydrogens is 306 g/mol. The molecule has 3 aromatic rings. The fourth-order valence-electron chi connectivity index (χ4n) is 2.48. The molecule has 3 nitrogen and oxygen atoms in total. The van der Waals surface area contributed by atoms with Crippen LogP contribution in [0.5, 0.6) is 11.5 Å². The van der Waals surface area contributed by atoms with Crippen LogP contribution in [-0.4, -0.2) is 19.2 Å². The largest absolute Gasteiger partial charge is 0.497 e. The normalized spacial score (nSPS) is 10.6. The Balaban J connectivity index is 1.79. The third-order valence-electron chi connectivity index (χ3n) is 3.78. The van der Waals surface area contributed by atoms with E-state index in [1.54, 1.807) is 25.6 Å². The summed E-state index contributed by atoms with van der Waals surface area (Å²) in [5.41, 5.74) is 4.59. The van der Waals surface area contributed by atoms with Crippen molar-refractivity contribution < 1.29 is 9.47 Å². The fourth-order valence-corrected chi connectivity index (χ4v) is 3.31. The zero-order chi connectivity index (χ0) is 16.2. The van der Waals surface area contributed by atoms with Gasteiger partial charge >= 0.3 is 0 Å². The monoisotopic (exact) mass is 325 g/mol. The highest BCUT2D eigenvalue weighted by Crippen LogP contribution is 2.28. The molecular formula is C19H19NO2S. The van der Waals surface area contributed by atoms with Crippen molar-refractivity contribution in [1.29, 1.82) is 0 Å². The molecule has 0 aliphatic rings. The summed E-state index contributed by atoms with van der Waals surface area (Å²) in [6.07, 6.45) is 0.837. The molecule has 0 amide bonds. The molecule has 0 bridgehead atoms. The molecule has 0 spiro atoms. The van der Waals surface area contributed by atoms with Gasteiger partial charge in [-0.2, -0.15) is 0 Å². The Morgan fingerprint density at radius 1 is 0.957 bits per heavy atom. The van der Waals surface area contributed by atoms with Gasteiger partial charge in [-0.1, -0.05) is 12.1 Å². The van der Waals surface area contributed by atoms with E-state index in [1.807, 2.05) is 24.3 Å². The third kappa shape index (κ3) is 3.54. The molecule has 0 fully saturated rings. The molecule has 4 heteroatoms. The van der Waals surface area contributed by atoms with Crippen molar-refractivity contribution in [2.75, 3.05) is 14.2 Å². The standard InChI is InChI=1S/C19H19NO2S/c1-13-10-16(22-3)8-9-17(13)18-12-23-19(20-18)11-14-4-6-15(21-2)7-5-14/h4-10,12H,11H2,1-3H3. The third-order valence-corrected chi connectivity index (χ3v) is 4.62. The average Bonchev–Trinajstić information content (AvgIpc) is 3.03. The molecule has 0 atom stereocenters. The second-order valence-corrected chi connectivity index (χ2v) is 6.27. The van der Waals surface area contributed by atoms with Gasteiger partial charge in [0.15, 0.2) is 0 Å². The summed E-state index contributed by atoms with van der Waals surface area (Å²) >= 11 is 1.69. The minimum atomic E-state index is 0.837. The van der Waals surface area contributed by atoms with E-state index in [1.165, 1.54) is 11.1 Å². The number of hydrogen-bond donors (Lipinski definition) is 0. The van der Waals surface area contributed by atoms with Crippen molar-refractivity contribution in [2.24, 2.45) is 0 Å². The quantitative estimate of drug-likeness (QED) is 0.680. The molecule has 0 saturated carbocycles. The van der Waals surface area contributed by atoms with Gasteiger partial charge in [0, 0.05) is 17.4 Å². The number of methoxy groups -OCH3 is 2. The predicted molar refractivity (Wildman–Crippen MR) is 94.6 cm³/mol. The zero-order valence-electron chi connectivity index (χ0n) is 13.5. The highest BCUT2D eigenvalue weighted by Gasteiger charge is 2.09. The number of nitrogens with zero attached hydrogens (tertiary/aromatic N) is 1. The van der Waals surface area contributed by atoms with Crippen LogP contribution in [0.4, 0.5) is 0 Å². The Hall–Kier alpha value is -2.33. The molecule has 0 radical (unpaired) electrons. The van der Waals surface area contributed by atoms with Crippen LogP contribution in [-0.2, 0) is 6.42 Å². The van der Waals surface area contributed by atoms with Crippen LogP contribution in [0.1, 0.15) is 16.1 Å². The summed E-state index contributed by atoms with van der Waals surface area (Å²) in [5, 5.41) is 3.23. The molecule has 0 saturated heterocycles. The molecule has 118 valence electrons. The van der Waals surface area contributed by atoms with Gasteiger partial charge in [-0.3, -0.25) is 0 Å². The minimum Gasteiger partial charge on any atom is -0.497 e. The lowest BCUT2D eigenvalue weighted by atomic mass is 10.1. The highest BCUT2D eigenvalue weighted by atomic mass is 32.1. The van der Waals surface area contributed by atoms with Crippen LogP contribution in [0, 0.1) is 6.92 Å². The van der Waals surface area contributed by atoms with Crippen LogP contribution < -0.4 is 9.47 Å². The Morgan fingerprint density at radius 2 is 1.65 bits per heavy atom. The predicted octanol–water partition coefficient (Wildman–Crippen LogP) is 4.73. The Labute approximate surface area is 140 Å². The maximum Gasteiger partial charge on any atom is 0.119 e. The van der Waals surface area contributed by atoms with E-state index in [4.69, 9.17) is 14.5 Å². The first-order valence-electron chi connectivity index (χ1n) is 7.42. The number of aromatic nitrogens is 1. The molecule has 1 heterocycles. The first-order chi connectivity index (χ1) is 11.2. The first kappa shape index (κ1) is 15.6. The van der Waals surface area contributed by atoms with Crippen LogP contribution in [0.2, 0.25) is 0 Å². The van der Waals surface area contributed by atoms with E-state index in [9.17, 15) is 0 Å². The molecule has 0 unspecified atom stereocenters. The topological polar surface area (TPSA) is 31.4 Å². The fraction of sp³-hybridized carbons (Fsp3) is 0.211. The van der Waals surface area contributed by atoms with Crippen molar-refractivity contribution in [1.82, 2.24) is 4.98 Å². The lowest BCUT2D eigenvalue weighted by Gasteiger charge is -2.05. The summed E-state index contributed by atoms with van der Waals surface area (Å²) in [7, 11) is 3.36. The molecule has 3 rings (SSSR count). The van der Waals surface area contributed by atoms with E-state index in [2.05, 4.69) is 30.5 Å². The van der Waals surface area contributed by atoms with Gasteiger partial charge in [0.2, 0.25) is 0 Å². The van der Waals surface area contributed by atoms with E-state index < -0.39 is 0 Å². The lowest BCUT2D eigenvalue weighted by Crippen LogP contribution is -1.90. The minimum absolute atomic E-state index is 0.837. The lowest BCUT2D eigenvalue weighted by molar-refractivity contribution is 0.414. The van der Waals surface area contributed by atoms with E-state index in [0.29, 0.717) is 0 Å². The van der Waals surface area contributed by atoms with Crippen molar-refractivity contribution >= 4 is 11.3 Å². The number of rotatable bonds is 5. The van der Waals surface area contributed by atoms with Gasteiger partial charge < -0.3 is 9.47 Å². The number of thiazole rings is 1. The van der Waals surface area contributed by atoms with Gasteiger partial charge in [0.05, 0.1) is 24.9 Å². The first-order valence-corrected chi connectivity index (χ1v) is 8.30. The van der Waals surface area contributed by atoms with E-state index in [0.717, 1.165) is 34.2 Å². The highest BCUT2D eigenvalue weighted by molar-refractivity contribution is 7.10. The van der Waals surface area contributed by atoms with Crippen molar-refractivity contribution in [3.63, 3.8) is 0 Å². The molecule has 0 aliphatic carbocycles. The average molecular weight is 325 g/mol. The number of hydrogen-bond acceptors (Lipinski definition) is 4. The second-order valence-electron chi connectivity index (χ2n) is 5.33. The zero-order valence-corrected chi connectivity index (χ0v) is 14.3. The molecule has 2 aromatic carbocycles. The number of ether oxygens (including phenoxy) is 2. The number of aryl methyl sites for hydroxylation is 1. The summed E-state index contributed by atoms with van der Waals surface area (Å²) < 4.78 is 10.5. The summed E-state index contributed by atoms with van der Waals surface area (Å²) in [6.45, 7) is 2.08. The Kier molecular flexibility index (Phi) is 4.63. The van der Waals surface area contributed by atoms with Gasteiger partial charge in [-0.05, 0) is 48.4 Å².